The number of fused-ring (bicyclic) bond motifs is 1. The van der Waals surface area contributed by atoms with Gasteiger partial charge >= 0.3 is 0 Å². The van der Waals surface area contributed by atoms with Gasteiger partial charge in [-0.3, -0.25) is 9.59 Å². The highest BCUT2D eigenvalue weighted by atomic mass is 35.5. The Bertz CT molecular complexity index is 1510. The quantitative estimate of drug-likeness (QED) is 0.217. The first-order valence-electron chi connectivity index (χ1n) is 13.0. The van der Waals surface area contributed by atoms with Gasteiger partial charge in [0.1, 0.15) is 18.0 Å². The number of aliphatic hydroxyl groups excluding tert-OH is 2. The minimum Gasteiger partial charge on any atom is -0.489 e. The van der Waals surface area contributed by atoms with Crippen molar-refractivity contribution in [3.8, 4) is 17.0 Å². The molecule has 2 aromatic heterocycles. The van der Waals surface area contributed by atoms with Crippen LogP contribution in [0.1, 0.15) is 59.8 Å². The molecule has 0 aliphatic carbocycles. The number of primary amides is 1. The van der Waals surface area contributed by atoms with Crippen LogP contribution in [0.5, 0.6) is 5.75 Å². The second kappa shape index (κ2) is 12.5. The summed E-state index contributed by atoms with van der Waals surface area (Å²) in [6.07, 6.45) is 3.40. The molecule has 2 aromatic carbocycles. The van der Waals surface area contributed by atoms with Gasteiger partial charge in [0.25, 0.3) is 0 Å². The van der Waals surface area contributed by atoms with Gasteiger partial charge < -0.3 is 30.4 Å². The number of pyridine rings is 1. The summed E-state index contributed by atoms with van der Waals surface area (Å²) < 4.78 is 7.72. The van der Waals surface area contributed by atoms with Gasteiger partial charge in [0.15, 0.2) is 0 Å². The third-order valence-corrected chi connectivity index (χ3v) is 6.95. The smallest absolute Gasteiger partial charge is 0.249 e. The number of ether oxygens (including phenoxy) is 1. The van der Waals surface area contributed by atoms with E-state index in [-0.39, 0.29) is 23.2 Å². The van der Waals surface area contributed by atoms with E-state index in [1.165, 1.54) is 0 Å². The molecule has 0 bridgehead atoms. The van der Waals surface area contributed by atoms with Gasteiger partial charge in [-0.1, -0.05) is 41.9 Å². The van der Waals surface area contributed by atoms with Gasteiger partial charge in [0.2, 0.25) is 11.8 Å². The number of hydrogen-bond acceptors (Lipinski definition) is 6. The van der Waals surface area contributed by atoms with Crippen LogP contribution in [0.25, 0.3) is 16.9 Å². The Morgan fingerprint density at radius 1 is 1.12 bits per heavy atom. The highest BCUT2D eigenvalue weighted by Crippen LogP contribution is 2.38. The Morgan fingerprint density at radius 3 is 2.48 bits per heavy atom. The van der Waals surface area contributed by atoms with E-state index in [0.717, 1.165) is 22.4 Å². The Morgan fingerprint density at radius 2 is 1.85 bits per heavy atom. The van der Waals surface area contributed by atoms with Crippen LogP contribution in [-0.4, -0.2) is 50.7 Å². The summed E-state index contributed by atoms with van der Waals surface area (Å²) in [6, 6.07) is 14.7. The van der Waals surface area contributed by atoms with Crippen molar-refractivity contribution < 1.29 is 24.5 Å². The van der Waals surface area contributed by atoms with E-state index in [4.69, 9.17) is 27.1 Å². The predicted octanol–water partition coefficient (Wildman–Crippen LogP) is 4.03. The average Bonchev–Trinajstić information content (AvgIpc) is 3.36. The number of hydrogen-bond donors (Lipinski definition) is 4. The Hall–Kier alpha value is -3.92. The Balaban J connectivity index is 1.68. The number of rotatable bonds is 11. The molecule has 4 aromatic rings. The molecule has 5 N–H and O–H groups in total. The van der Waals surface area contributed by atoms with Gasteiger partial charge in [0.05, 0.1) is 22.9 Å². The molecule has 210 valence electrons. The molecule has 4 rings (SSSR count). The lowest BCUT2D eigenvalue weighted by atomic mass is 9.87. The molecular weight excluding hydrogens is 532 g/mol. The van der Waals surface area contributed by atoms with Crippen molar-refractivity contribution in [3.05, 3.63) is 88.2 Å². The van der Waals surface area contributed by atoms with Crippen LogP contribution >= 0.6 is 11.6 Å². The molecule has 0 radical (unpaired) electrons. The van der Waals surface area contributed by atoms with Gasteiger partial charge in [0, 0.05) is 41.5 Å². The van der Waals surface area contributed by atoms with Crippen LogP contribution in [0, 0.1) is 0 Å². The topological polar surface area (TPSA) is 139 Å². The van der Waals surface area contributed by atoms with Crippen LogP contribution in [-0.2, 0) is 11.2 Å². The van der Waals surface area contributed by atoms with Crippen LogP contribution in [0.2, 0.25) is 5.02 Å². The van der Waals surface area contributed by atoms with Crippen LogP contribution < -0.4 is 15.8 Å². The second-order valence-corrected chi connectivity index (χ2v) is 10.3. The van der Waals surface area contributed by atoms with E-state index in [1.807, 2.05) is 67.0 Å². The highest BCUT2D eigenvalue weighted by Gasteiger charge is 2.25. The largest absolute Gasteiger partial charge is 0.489 e. The number of aliphatic hydroxyl groups is 2. The highest BCUT2D eigenvalue weighted by molar-refractivity contribution is 6.33. The van der Waals surface area contributed by atoms with E-state index >= 15 is 0 Å². The van der Waals surface area contributed by atoms with E-state index < -0.39 is 30.4 Å². The zero-order valence-corrected chi connectivity index (χ0v) is 23.4. The van der Waals surface area contributed by atoms with Crippen LogP contribution in [0.15, 0.2) is 60.9 Å². The third kappa shape index (κ3) is 6.44. The molecule has 10 heteroatoms. The maximum atomic E-state index is 12.4. The molecule has 2 heterocycles. The summed E-state index contributed by atoms with van der Waals surface area (Å²) >= 11 is 6.77. The molecular formula is C30H33ClN4O5. The molecule has 2 amide bonds. The number of nitrogens with zero attached hydrogens (tertiary/aromatic N) is 2. The first-order chi connectivity index (χ1) is 19.1. The number of nitrogens with two attached hydrogens (primary N) is 1. The van der Waals surface area contributed by atoms with Gasteiger partial charge in [-0.05, 0) is 56.5 Å². The predicted molar refractivity (Wildman–Crippen MR) is 154 cm³/mol. The lowest BCUT2D eigenvalue weighted by Crippen LogP contribution is -2.32. The second-order valence-electron chi connectivity index (χ2n) is 9.93. The van der Waals surface area contributed by atoms with E-state index in [2.05, 4.69) is 5.32 Å². The van der Waals surface area contributed by atoms with Crippen molar-refractivity contribution in [1.82, 2.24) is 14.7 Å². The molecule has 40 heavy (non-hydrogen) atoms. The number of amides is 2. The first-order valence-corrected chi connectivity index (χ1v) is 13.4. The summed E-state index contributed by atoms with van der Waals surface area (Å²) in [5, 5.41) is 22.3. The number of halogens is 1. The van der Waals surface area contributed by atoms with E-state index in [0.29, 0.717) is 23.4 Å². The normalized spacial score (nSPS) is 12.9. The van der Waals surface area contributed by atoms with Crippen molar-refractivity contribution in [2.45, 2.75) is 45.3 Å². The summed E-state index contributed by atoms with van der Waals surface area (Å²) in [7, 11) is 0. The molecule has 0 aliphatic heterocycles. The molecule has 0 saturated heterocycles. The lowest BCUT2D eigenvalue weighted by molar-refractivity contribution is -0.123. The van der Waals surface area contributed by atoms with E-state index in [9.17, 15) is 19.8 Å². The Kier molecular flexibility index (Phi) is 9.09. The third-order valence-electron chi connectivity index (χ3n) is 6.56. The number of carbonyl (C=O) groups excluding carboxylic acids is 2. The molecule has 2 atom stereocenters. The standard InChI is InChI=1S/C30H33ClN4O5/c1-17(2)40-25-11-10-23(29(32)39)27(28(25)31)21(14-33-26(38)16-36)13-19-6-8-20(9-7-19)24-15-35-12-4-5-22(18(3)37)30(35)34-24/h4-12,15,17-18,21,36-37H,13-14,16H2,1-3H3,(H2,32,39)(H,33,38). The summed E-state index contributed by atoms with van der Waals surface area (Å²) in [6.45, 7) is 4.89. The number of carbonyl (C=O) groups is 2. The average molecular weight is 565 g/mol. The van der Waals surface area contributed by atoms with Crippen molar-refractivity contribution in [2.75, 3.05) is 13.2 Å². The monoisotopic (exact) mass is 564 g/mol. The fourth-order valence-corrected chi connectivity index (χ4v) is 5.06. The van der Waals surface area contributed by atoms with Crippen molar-refractivity contribution >= 4 is 29.1 Å². The lowest BCUT2D eigenvalue weighted by Gasteiger charge is -2.24. The molecule has 0 saturated carbocycles. The van der Waals surface area contributed by atoms with Gasteiger partial charge in [-0.25, -0.2) is 4.98 Å². The van der Waals surface area contributed by atoms with Crippen LogP contribution in [0.3, 0.4) is 0 Å². The first kappa shape index (κ1) is 29.1. The minimum absolute atomic E-state index is 0.112. The molecule has 2 unspecified atom stereocenters. The number of benzene rings is 2. The van der Waals surface area contributed by atoms with E-state index in [1.54, 1.807) is 19.1 Å². The van der Waals surface area contributed by atoms with Gasteiger partial charge in [-0.2, -0.15) is 0 Å². The number of imidazole rings is 1. The zero-order chi connectivity index (χ0) is 29.0. The number of nitrogens with one attached hydrogen (secondary N) is 1. The Labute approximate surface area is 237 Å². The van der Waals surface area contributed by atoms with Gasteiger partial charge in [-0.15, -0.1) is 0 Å². The van der Waals surface area contributed by atoms with Crippen molar-refractivity contribution in [1.29, 1.82) is 0 Å². The molecule has 0 spiro atoms. The zero-order valence-electron chi connectivity index (χ0n) is 22.6. The maximum Gasteiger partial charge on any atom is 0.249 e. The van der Waals surface area contributed by atoms with Crippen molar-refractivity contribution in [3.63, 3.8) is 0 Å². The molecule has 0 aliphatic rings. The summed E-state index contributed by atoms with van der Waals surface area (Å²) in [4.78, 5) is 29.0. The number of aromatic nitrogens is 2. The molecule has 0 fully saturated rings. The molecule has 9 nitrogen and oxygen atoms in total. The fourth-order valence-electron chi connectivity index (χ4n) is 4.70. The summed E-state index contributed by atoms with van der Waals surface area (Å²) in [5.74, 6) is -1.23. The van der Waals surface area contributed by atoms with Crippen molar-refractivity contribution in [2.24, 2.45) is 5.73 Å². The summed E-state index contributed by atoms with van der Waals surface area (Å²) in [5.41, 5.74) is 10.4. The maximum absolute atomic E-state index is 12.4. The van der Waals surface area contributed by atoms with Crippen LogP contribution in [0.4, 0.5) is 0 Å². The SMILES string of the molecule is CC(C)Oc1ccc(C(N)=O)c(C(CNC(=O)CO)Cc2ccc(-c3cn4cccc(C(C)O)c4n3)cc2)c1Cl. The fraction of sp³-hybridized carbons (Fsp3) is 0.300. The minimum atomic E-state index is -0.663.